The topological polar surface area (TPSA) is 52.6 Å². The lowest BCUT2D eigenvalue weighted by Crippen LogP contribution is -2.26. The summed E-state index contributed by atoms with van der Waals surface area (Å²) in [4.78, 5) is 30.4. The summed E-state index contributed by atoms with van der Waals surface area (Å²) in [6, 6.07) is 0. The van der Waals surface area contributed by atoms with E-state index < -0.39 is 16.2 Å². The number of carbonyl (C=O) groups is 2. The first-order chi connectivity index (χ1) is 6.05. The zero-order valence-electron chi connectivity index (χ0n) is 5.90. The molecule has 0 N–H and O–H groups in total. The maximum Gasteiger partial charge on any atom is 0.393 e. The van der Waals surface area contributed by atoms with Crippen LogP contribution in [0.4, 0.5) is 0 Å². The Bertz CT molecular complexity index is 213. The summed E-state index contributed by atoms with van der Waals surface area (Å²) in [6.07, 6.45) is 0. The van der Waals surface area contributed by atoms with Crippen molar-refractivity contribution < 1.29 is 19.4 Å². The molecule has 0 saturated heterocycles. The first kappa shape index (κ1) is 15.8. The molecule has 4 nitrogen and oxygen atoms in total. The van der Waals surface area contributed by atoms with E-state index in [-0.39, 0.29) is 0 Å². The van der Waals surface area contributed by atoms with Crippen molar-refractivity contribution in [1.29, 1.82) is 0 Å². The molecule has 10 heteroatoms. The Morgan fingerprint density at radius 2 is 0.929 bits per heavy atom. The molecule has 0 amide bonds. The molecule has 0 aromatic rings. The Hall–Kier alpha value is 1.82. The molecule has 0 aromatic heterocycles. The van der Waals surface area contributed by atoms with Crippen molar-refractivity contribution >= 4 is 108 Å². The molecule has 82 valence electrons. The average Bonchev–Trinajstić information content (AvgIpc) is 1.95. The summed E-state index contributed by atoms with van der Waals surface area (Å²) in [5.74, 6) is -1.75. The number of halogens is 6. The molecule has 0 fully saturated rings. The quantitative estimate of drug-likeness (QED) is 0.245. The van der Waals surface area contributed by atoms with Crippen LogP contribution in [0.3, 0.4) is 0 Å². The lowest BCUT2D eigenvalue weighted by atomic mass is 10.8. The van der Waals surface area contributed by atoms with E-state index in [1.807, 2.05) is 0 Å². The molecule has 0 atom stereocenters. The van der Waals surface area contributed by atoms with Gasteiger partial charge in [-0.25, -0.2) is 19.4 Å². The van der Waals surface area contributed by atoms with E-state index in [4.69, 9.17) is 0 Å². The van der Waals surface area contributed by atoms with Crippen LogP contribution in [0.25, 0.3) is 0 Å². The number of hydrogen-bond acceptors (Lipinski definition) is 4. The average molecular weight is 591 g/mol. The lowest BCUT2D eigenvalue weighted by molar-refractivity contribution is -0.256. The molecule has 0 aliphatic carbocycles. The summed E-state index contributed by atoms with van der Waals surface area (Å²) < 4.78 is -2.55. The lowest BCUT2D eigenvalue weighted by Gasteiger charge is -2.12. The molecular weight excluding hydrogens is 591 g/mol. The number of rotatable bonds is 0. The van der Waals surface area contributed by atoms with E-state index in [9.17, 15) is 9.59 Å². The highest BCUT2D eigenvalue weighted by atomic mass is 80.0. The van der Waals surface area contributed by atoms with Gasteiger partial charge in [-0.3, -0.25) is 0 Å². The van der Waals surface area contributed by atoms with E-state index in [0.29, 0.717) is 0 Å². The molecule has 0 saturated carbocycles. The van der Waals surface area contributed by atoms with Crippen LogP contribution in [0.2, 0.25) is 0 Å². The van der Waals surface area contributed by atoms with E-state index in [2.05, 4.69) is 105 Å². The van der Waals surface area contributed by atoms with Crippen LogP contribution in [0.5, 0.6) is 0 Å². The van der Waals surface area contributed by atoms with Crippen LogP contribution in [-0.4, -0.2) is 16.2 Å². The van der Waals surface area contributed by atoms with Gasteiger partial charge in [-0.15, -0.1) is 0 Å². The van der Waals surface area contributed by atoms with Crippen LogP contribution in [0.1, 0.15) is 0 Å². The maximum atomic E-state index is 11.0. The van der Waals surface area contributed by atoms with E-state index in [1.54, 1.807) is 0 Å². The molecular formula is C4Br6O4. The predicted molar refractivity (Wildman–Crippen MR) is 71.2 cm³/mol. The van der Waals surface area contributed by atoms with Crippen molar-refractivity contribution in [3.63, 3.8) is 0 Å². The summed E-state index contributed by atoms with van der Waals surface area (Å²) in [5.41, 5.74) is 0. The van der Waals surface area contributed by atoms with Crippen molar-refractivity contribution in [3.8, 4) is 0 Å². The Morgan fingerprint density at radius 3 is 1.07 bits per heavy atom. The second-order valence-corrected chi connectivity index (χ2v) is 15.3. The van der Waals surface area contributed by atoms with E-state index in [1.165, 1.54) is 0 Å². The van der Waals surface area contributed by atoms with Gasteiger partial charge in [0.05, 0.1) is 0 Å². The van der Waals surface area contributed by atoms with Crippen molar-refractivity contribution in [2.24, 2.45) is 0 Å². The first-order valence-corrected chi connectivity index (χ1v) is 7.38. The predicted octanol–water partition coefficient (Wildman–Crippen LogP) is 3.66. The third-order valence-corrected chi connectivity index (χ3v) is 2.60. The standard InChI is InChI=1S/C4Br6O4/c5-3(6,7)1(11)13-14-2(12)4(8,9)10. The second-order valence-electron chi connectivity index (χ2n) is 1.74. The molecule has 14 heavy (non-hydrogen) atoms. The van der Waals surface area contributed by atoms with Crippen molar-refractivity contribution in [2.75, 3.05) is 0 Å². The zero-order valence-corrected chi connectivity index (χ0v) is 15.4. The highest BCUT2D eigenvalue weighted by molar-refractivity contribution is 9.40. The van der Waals surface area contributed by atoms with E-state index >= 15 is 0 Å². The fourth-order valence-electron chi connectivity index (χ4n) is 0.170. The van der Waals surface area contributed by atoms with Gasteiger partial charge in [0.2, 0.25) is 4.29 Å². The van der Waals surface area contributed by atoms with Gasteiger partial charge in [-0.2, -0.15) is 0 Å². The summed E-state index contributed by atoms with van der Waals surface area (Å²) >= 11 is 17.3. The van der Waals surface area contributed by atoms with Gasteiger partial charge in [0, 0.05) is 0 Å². The van der Waals surface area contributed by atoms with Crippen LogP contribution >= 0.6 is 95.6 Å². The normalized spacial score (nSPS) is 12.1. The van der Waals surface area contributed by atoms with Crippen molar-refractivity contribution in [1.82, 2.24) is 0 Å². The minimum absolute atomic E-state index is 0.873. The van der Waals surface area contributed by atoms with Gasteiger partial charge in [0.1, 0.15) is 0 Å². The number of alkyl halides is 6. The molecule has 0 bridgehead atoms. The molecule has 0 unspecified atom stereocenters. The van der Waals surface area contributed by atoms with Crippen molar-refractivity contribution in [2.45, 2.75) is 4.29 Å². The van der Waals surface area contributed by atoms with Gasteiger partial charge in [0.15, 0.2) is 0 Å². The monoisotopic (exact) mass is 585 g/mol. The third kappa shape index (κ3) is 6.41. The van der Waals surface area contributed by atoms with Crippen molar-refractivity contribution in [3.05, 3.63) is 0 Å². The second kappa shape index (κ2) is 5.95. The SMILES string of the molecule is O=C(OOC(=O)C(Br)(Br)Br)C(Br)(Br)Br. The Kier molecular flexibility index (Phi) is 6.72. The van der Waals surface area contributed by atoms with Crippen LogP contribution in [0, 0.1) is 0 Å². The van der Waals surface area contributed by atoms with Crippen LogP contribution < -0.4 is 0 Å². The van der Waals surface area contributed by atoms with Gasteiger partial charge in [0.25, 0.3) is 0 Å². The molecule has 0 radical (unpaired) electrons. The molecule has 0 aliphatic rings. The van der Waals surface area contributed by atoms with Gasteiger partial charge >= 0.3 is 11.9 Å². The zero-order chi connectivity index (χ0) is 11.6. The third-order valence-electron chi connectivity index (χ3n) is 0.656. The van der Waals surface area contributed by atoms with Crippen LogP contribution in [-0.2, 0) is 19.4 Å². The summed E-state index contributed by atoms with van der Waals surface area (Å²) in [5, 5.41) is 0. The highest BCUT2D eigenvalue weighted by Gasteiger charge is 2.36. The highest BCUT2D eigenvalue weighted by Crippen LogP contribution is 2.37. The summed E-state index contributed by atoms with van der Waals surface area (Å²) in [7, 11) is 0. The molecule has 0 aromatic carbocycles. The maximum absolute atomic E-state index is 11.0. The van der Waals surface area contributed by atoms with Gasteiger partial charge < -0.3 is 0 Å². The minimum Gasteiger partial charge on any atom is -0.244 e. The number of carbonyl (C=O) groups excluding carboxylic acids is 2. The fraction of sp³-hybridized carbons (Fsp3) is 0.500. The fourth-order valence-corrected chi connectivity index (χ4v) is 0.567. The molecule has 0 aliphatic heterocycles. The Labute approximate surface area is 130 Å². The smallest absolute Gasteiger partial charge is 0.244 e. The Balaban J connectivity index is 4.10. The molecule has 0 rings (SSSR count). The largest absolute Gasteiger partial charge is 0.393 e. The number of hydrogen-bond donors (Lipinski definition) is 0. The molecule has 0 heterocycles. The molecule has 0 spiro atoms. The minimum atomic E-state index is -1.28. The van der Waals surface area contributed by atoms with E-state index in [0.717, 1.165) is 0 Å². The van der Waals surface area contributed by atoms with Gasteiger partial charge in [-0.1, -0.05) is 0 Å². The first-order valence-electron chi connectivity index (χ1n) is 2.62. The van der Waals surface area contributed by atoms with Crippen LogP contribution in [0.15, 0.2) is 0 Å². The summed E-state index contributed by atoms with van der Waals surface area (Å²) in [6.45, 7) is 0. The Morgan fingerprint density at radius 1 is 0.714 bits per heavy atom. The van der Waals surface area contributed by atoms with Gasteiger partial charge in [-0.05, 0) is 95.6 Å².